The number of halogens is 1. The molecule has 0 aliphatic carbocycles. The van der Waals surface area contributed by atoms with E-state index >= 15 is 0 Å². The molecule has 1 fully saturated rings. The molecule has 0 radical (unpaired) electrons. The molecule has 9 heteroatoms. The summed E-state index contributed by atoms with van der Waals surface area (Å²) in [4.78, 5) is 27.2. The van der Waals surface area contributed by atoms with Gasteiger partial charge >= 0.3 is 12.0 Å². The Hall–Kier alpha value is -3.26. The van der Waals surface area contributed by atoms with Crippen LogP contribution in [-0.2, 0) is 9.53 Å². The van der Waals surface area contributed by atoms with Gasteiger partial charge in [0, 0.05) is 25.2 Å². The lowest BCUT2D eigenvalue weighted by atomic mass is 10.0. The first kappa shape index (κ1) is 22.0. The number of hydrogen-bond acceptors (Lipinski definition) is 5. The van der Waals surface area contributed by atoms with Crippen LogP contribution in [0.15, 0.2) is 42.5 Å². The number of ether oxygens (including phenoxy) is 1. The third-order valence-electron chi connectivity index (χ3n) is 4.76. The number of nitrogens with two attached hydrogens (primary N) is 2. The second kappa shape index (κ2) is 9.29. The molecule has 29 heavy (non-hydrogen) atoms. The number of benzene rings is 2. The van der Waals surface area contributed by atoms with Gasteiger partial charge in [0.15, 0.2) is 0 Å². The van der Waals surface area contributed by atoms with Crippen molar-refractivity contribution < 1.29 is 14.3 Å². The van der Waals surface area contributed by atoms with Crippen LogP contribution >= 0.6 is 12.4 Å². The number of amides is 2. The number of nitrogens with one attached hydrogen (secondary N) is 1. The minimum Gasteiger partial charge on any atom is -0.469 e. The lowest BCUT2D eigenvalue weighted by molar-refractivity contribution is -0.140. The van der Waals surface area contributed by atoms with Crippen LogP contribution in [0.3, 0.4) is 0 Å². The van der Waals surface area contributed by atoms with Gasteiger partial charge in [-0.3, -0.25) is 15.1 Å². The molecule has 154 valence electrons. The van der Waals surface area contributed by atoms with Gasteiger partial charge in [-0.15, -0.1) is 12.4 Å². The summed E-state index contributed by atoms with van der Waals surface area (Å²) in [6.07, 6.45) is 0.167. The summed E-state index contributed by atoms with van der Waals surface area (Å²) in [5.41, 5.74) is 15.4. The minimum atomic E-state index is -0.342. The first-order valence-electron chi connectivity index (χ1n) is 8.88. The Bertz CT molecular complexity index is 917. The van der Waals surface area contributed by atoms with Gasteiger partial charge in [0.25, 0.3) is 0 Å². The largest absolute Gasteiger partial charge is 0.469 e. The van der Waals surface area contributed by atoms with Crippen molar-refractivity contribution in [2.24, 2.45) is 5.73 Å². The van der Waals surface area contributed by atoms with E-state index in [1.807, 2.05) is 30.3 Å². The number of amidine groups is 1. The summed E-state index contributed by atoms with van der Waals surface area (Å²) in [5, 5.41) is 7.46. The van der Waals surface area contributed by atoms with Crippen molar-refractivity contribution >= 4 is 41.6 Å². The minimum absolute atomic E-state index is 0. The predicted octanol–water partition coefficient (Wildman–Crippen LogP) is 2.45. The van der Waals surface area contributed by atoms with Gasteiger partial charge in [0.05, 0.1) is 24.9 Å². The Morgan fingerprint density at radius 3 is 2.38 bits per heavy atom. The van der Waals surface area contributed by atoms with Crippen LogP contribution in [0.5, 0.6) is 0 Å². The maximum Gasteiger partial charge on any atom is 0.324 e. The molecule has 5 N–H and O–H groups in total. The molecule has 0 spiro atoms. The highest BCUT2D eigenvalue weighted by atomic mass is 35.5. The zero-order valence-corrected chi connectivity index (χ0v) is 16.9. The fourth-order valence-electron chi connectivity index (χ4n) is 3.16. The summed E-state index contributed by atoms with van der Waals surface area (Å²) < 4.78 is 4.62. The fourth-order valence-corrected chi connectivity index (χ4v) is 3.16. The summed E-state index contributed by atoms with van der Waals surface area (Å²) in [6.45, 7) is 1.36. The number of anilines is 2. The smallest absolute Gasteiger partial charge is 0.324 e. The number of urea groups is 1. The van der Waals surface area contributed by atoms with Gasteiger partial charge < -0.3 is 21.1 Å². The molecule has 8 nitrogen and oxygen atoms in total. The number of nitrogen functional groups attached to an aromatic ring is 2. The average Bonchev–Trinajstić information content (AvgIpc) is 3.06. The van der Waals surface area contributed by atoms with Crippen molar-refractivity contribution in [2.75, 3.05) is 37.4 Å². The van der Waals surface area contributed by atoms with Crippen molar-refractivity contribution in [1.82, 2.24) is 4.90 Å². The molecule has 0 bridgehead atoms. The van der Waals surface area contributed by atoms with Gasteiger partial charge in [-0.05, 0) is 23.3 Å². The molecule has 1 aliphatic heterocycles. The zero-order valence-electron chi connectivity index (χ0n) is 16.1. The average molecular weight is 418 g/mol. The highest BCUT2D eigenvalue weighted by Crippen LogP contribution is 2.31. The van der Waals surface area contributed by atoms with Gasteiger partial charge in [-0.1, -0.05) is 30.3 Å². The van der Waals surface area contributed by atoms with E-state index in [-0.39, 0.29) is 36.7 Å². The van der Waals surface area contributed by atoms with E-state index in [4.69, 9.17) is 16.9 Å². The van der Waals surface area contributed by atoms with Crippen LogP contribution in [0.4, 0.5) is 16.2 Å². The summed E-state index contributed by atoms with van der Waals surface area (Å²) in [6, 6.07) is 12.7. The number of carbonyl (C=O) groups excluding carboxylic acids is 2. The zero-order chi connectivity index (χ0) is 20.3. The first-order valence-corrected chi connectivity index (χ1v) is 8.88. The molecule has 0 unspecified atom stereocenters. The molecule has 1 aliphatic rings. The summed E-state index contributed by atoms with van der Waals surface area (Å²) in [5.74, 6) is -0.323. The van der Waals surface area contributed by atoms with Crippen molar-refractivity contribution in [3.8, 4) is 11.1 Å². The second-order valence-corrected chi connectivity index (χ2v) is 6.51. The molecule has 3 rings (SSSR count). The van der Waals surface area contributed by atoms with Crippen molar-refractivity contribution in [3.05, 3.63) is 48.0 Å². The normalized spacial score (nSPS) is 13.2. The fraction of sp³-hybridized carbons (Fsp3) is 0.250. The highest BCUT2D eigenvalue weighted by Gasteiger charge is 2.30. The number of hydrogen-bond donors (Lipinski definition) is 3. The van der Waals surface area contributed by atoms with Gasteiger partial charge in [0.2, 0.25) is 0 Å². The van der Waals surface area contributed by atoms with Crippen LogP contribution in [0, 0.1) is 5.41 Å². The van der Waals surface area contributed by atoms with Crippen LogP contribution in [0.2, 0.25) is 0 Å². The molecule has 0 aromatic heterocycles. The maximum absolute atomic E-state index is 12.6. The lowest BCUT2D eigenvalue weighted by Crippen LogP contribution is -2.33. The van der Waals surface area contributed by atoms with E-state index in [9.17, 15) is 9.59 Å². The summed E-state index contributed by atoms with van der Waals surface area (Å²) in [7, 11) is 1.33. The Morgan fingerprint density at radius 1 is 1.14 bits per heavy atom. The second-order valence-electron chi connectivity index (χ2n) is 6.51. The van der Waals surface area contributed by atoms with Crippen LogP contribution in [0.1, 0.15) is 12.0 Å². The third kappa shape index (κ3) is 4.78. The number of rotatable bonds is 6. The molecule has 0 atom stereocenters. The topological polar surface area (TPSA) is 126 Å². The Balaban J connectivity index is 0.00000300. The molecule has 1 heterocycles. The van der Waals surface area contributed by atoms with Gasteiger partial charge in [-0.2, -0.15) is 0 Å². The van der Waals surface area contributed by atoms with Gasteiger partial charge in [-0.25, -0.2) is 4.79 Å². The molecule has 0 saturated carbocycles. The SMILES string of the molecule is COC(=O)CCN1CCN(c2ccc(-c3ccc(C(=N)N)cc3)cc2N)C1=O.Cl. The van der Waals surface area contributed by atoms with Crippen LogP contribution in [0.25, 0.3) is 11.1 Å². The molecule has 2 amide bonds. The van der Waals surface area contributed by atoms with Crippen molar-refractivity contribution in [1.29, 1.82) is 5.41 Å². The lowest BCUT2D eigenvalue weighted by Gasteiger charge is -2.20. The Kier molecular flexibility index (Phi) is 7.06. The predicted molar refractivity (Wildman–Crippen MR) is 116 cm³/mol. The van der Waals surface area contributed by atoms with E-state index < -0.39 is 0 Å². The van der Waals surface area contributed by atoms with E-state index in [2.05, 4.69) is 4.74 Å². The van der Waals surface area contributed by atoms with E-state index in [0.29, 0.717) is 36.6 Å². The van der Waals surface area contributed by atoms with Crippen LogP contribution < -0.4 is 16.4 Å². The maximum atomic E-state index is 12.6. The van der Waals surface area contributed by atoms with E-state index in [1.54, 1.807) is 21.9 Å². The van der Waals surface area contributed by atoms with Crippen molar-refractivity contribution in [3.63, 3.8) is 0 Å². The molecule has 2 aromatic carbocycles. The van der Waals surface area contributed by atoms with Crippen LogP contribution in [-0.4, -0.2) is 49.5 Å². The Morgan fingerprint density at radius 2 is 1.79 bits per heavy atom. The number of carbonyl (C=O) groups is 2. The number of esters is 1. The van der Waals surface area contributed by atoms with E-state index in [0.717, 1.165) is 11.1 Å². The summed E-state index contributed by atoms with van der Waals surface area (Å²) >= 11 is 0. The van der Waals surface area contributed by atoms with Crippen molar-refractivity contribution in [2.45, 2.75) is 6.42 Å². The third-order valence-corrected chi connectivity index (χ3v) is 4.76. The molecular formula is C20H24ClN5O3. The number of nitrogens with zero attached hydrogens (tertiary/aromatic N) is 2. The molecule has 2 aromatic rings. The van der Waals surface area contributed by atoms with E-state index in [1.165, 1.54) is 7.11 Å². The quantitative estimate of drug-likeness (QED) is 0.288. The standard InChI is InChI=1S/C20H23N5O3.ClH/c1-28-18(26)8-9-24-10-11-25(20(24)27)17-7-6-15(12-16(17)21)13-2-4-14(5-3-13)19(22)23;/h2-7,12H,8-11,21H2,1H3,(H3,22,23);1H. The highest BCUT2D eigenvalue weighted by molar-refractivity contribution is 5.98. The number of methoxy groups -OCH3 is 1. The molecule has 1 saturated heterocycles. The monoisotopic (exact) mass is 417 g/mol. The Labute approximate surface area is 175 Å². The molecular weight excluding hydrogens is 394 g/mol. The first-order chi connectivity index (χ1) is 13.4. The van der Waals surface area contributed by atoms with Gasteiger partial charge in [0.1, 0.15) is 5.84 Å².